The van der Waals surface area contributed by atoms with Crippen LogP contribution in [0.2, 0.25) is 0 Å². The lowest BCUT2D eigenvalue weighted by molar-refractivity contribution is 0.341. The Morgan fingerprint density at radius 3 is 2.63 bits per heavy atom. The highest BCUT2D eigenvalue weighted by Crippen LogP contribution is 2.26. The first-order chi connectivity index (χ1) is 13.0. The molecular weight excluding hydrogens is 338 g/mol. The molecule has 6 heteroatoms. The van der Waals surface area contributed by atoms with Crippen LogP contribution in [0.15, 0.2) is 42.7 Å². The Labute approximate surface area is 159 Å². The van der Waals surface area contributed by atoms with E-state index in [4.69, 9.17) is 15.9 Å². The monoisotopic (exact) mass is 363 g/mol. The highest BCUT2D eigenvalue weighted by atomic mass is 16.5. The van der Waals surface area contributed by atoms with E-state index in [1.807, 2.05) is 43.3 Å². The second-order valence-electron chi connectivity index (χ2n) is 6.79. The molecule has 0 unspecified atom stereocenters. The molecule has 4 N–H and O–H groups in total. The minimum absolute atomic E-state index is 0.299. The van der Waals surface area contributed by atoms with E-state index in [1.54, 1.807) is 0 Å². The van der Waals surface area contributed by atoms with Gasteiger partial charge in [0.1, 0.15) is 23.7 Å². The third-order valence-corrected chi connectivity index (χ3v) is 4.22. The quantitative estimate of drug-likeness (QED) is 0.549. The molecule has 0 amide bonds. The van der Waals surface area contributed by atoms with E-state index in [0.29, 0.717) is 35.4 Å². The van der Waals surface area contributed by atoms with Crippen molar-refractivity contribution in [2.45, 2.75) is 20.8 Å². The Hall–Kier alpha value is -3.15. The van der Waals surface area contributed by atoms with Crippen molar-refractivity contribution in [3.05, 3.63) is 53.9 Å². The van der Waals surface area contributed by atoms with Crippen LogP contribution in [-0.2, 0) is 0 Å². The van der Waals surface area contributed by atoms with Crippen LogP contribution in [0.25, 0.3) is 10.8 Å². The summed E-state index contributed by atoms with van der Waals surface area (Å²) in [4.78, 5) is 8.37. The summed E-state index contributed by atoms with van der Waals surface area (Å²) >= 11 is 0. The number of nitrogen functional groups attached to an aromatic ring is 1. The number of fused-ring (bicyclic) bond motifs is 1. The van der Waals surface area contributed by atoms with Crippen LogP contribution in [0.1, 0.15) is 31.9 Å². The molecule has 27 heavy (non-hydrogen) atoms. The van der Waals surface area contributed by atoms with E-state index in [1.165, 1.54) is 6.33 Å². The van der Waals surface area contributed by atoms with E-state index >= 15 is 0 Å². The van der Waals surface area contributed by atoms with Gasteiger partial charge in [0.05, 0.1) is 17.9 Å². The first-order valence-corrected chi connectivity index (χ1v) is 9.09. The van der Waals surface area contributed by atoms with Crippen LogP contribution >= 0.6 is 0 Å². The van der Waals surface area contributed by atoms with Gasteiger partial charge in [0.25, 0.3) is 0 Å². The second-order valence-corrected chi connectivity index (χ2v) is 6.79. The summed E-state index contributed by atoms with van der Waals surface area (Å²) < 4.78 is 5.56. The fourth-order valence-electron chi connectivity index (χ4n) is 2.86. The van der Waals surface area contributed by atoms with Crippen LogP contribution < -0.4 is 15.8 Å². The van der Waals surface area contributed by atoms with E-state index in [2.05, 4.69) is 29.1 Å². The van der Waals surface area contributed by atoms with Crippen LogP contribution in [0.4, 0.5) is 11.6 Å². The summed E-state index contributed by atoms with van der Waals surface area (Å²) in [5.74, 6) is 2.18. The molecule has 0 saturated carbocycles. The number of nitrogens with one attached hydrogen (secondary N) is 2. The van der Waals surface area contributed by atoms with Gasteiger partial charge in [-0.2, -0.15) is 0 Å². The van der Waals surface area contributed by atoms with Crippen LogP contribution in [0.5, 0.6) is 5.75 Å². The Balaban J connectivity index is 1.97. The summed E-state index contributed by atoms with van der Waals surface area (Å²) in [7, 11) is 0. The van der Waals surface area contributed by atoms with Crippen LogP contribution in [0.3, 0.4) is 0 Å². The van der Waals surface area contributed by atoms with Crippen molar-refractivity contribution < 1.29 is 4.74 Å². The molecule has 3 aromatic rings. The maximum atomic E-state index is 8.70. The first-order valence-electron chi connectivity index (χ1n) is 9.09. The number of benzene rings is 2. The van der Waals surface area contributed by atoms with E-state index in [-0.39, 0.29) is 0 Å². The first kappa shape index (κ1) is 18.6. The highest BCUT2D eigenvalue weighted by Gasteiger charge is 2.16. The van der Waals surface area contributed by atoms with Crippen molar-refractivity contribution in [3.63, 3.8) is 0 Å². The van der Waals surface area contributed by atoms with Crippen molar-refractivity contribution >= 4 is 28.1 Å². The number of rotatable bonds is 7. The fourth-order valence-corrected chi connectivity index (χ4v) is 2.86. The number of aromatic nitrogens is 2. The van der Waals surface area contributed by atoms with Crippen molar-refractivity contribution in [1.29, 1.82) is 5.41 Å². The number of hydrogen-bond donors (Lipinski definition) is 3. The molecule has 1 heterocycles. The van der Waals surface area contributed by atoms with Gasteiger partial charge in [0.2, 0.25) is 0 Å². The lowest BCUT2D eigenvalue weighted by Gasteiger charge is -2.15. The Morgan fingerprint density at radius 1 is 1.15 bits per heavy atom. The molecule has 6 nitrogen and oxygen atoms in total. The maximum absolute atomic E-state index is 8.70. The Bertz CT molecular complexity index is 968. The van der Waals surface area contributed by atoms with Gasteiger partial charge < -0.3 is 15.8 Å². The lowest BCUT2D eigenvalue weighted by Crippen LogP contribution is -2.16. The third-order valence-electron chi connectivity index (χ3n) is 4.22. The summed E-state index contributed by atoms with van der Waals surface area (Å²) in [6.45, 7) is 7.57. The van der Waals surface area contributed by atoms with Crippen molar-refractivity contribution in [1.82, 2.24) is 9.97 Å². The zero-order chi connectivity index (χ0) is 19.4. The Kier molecular flexibility index (Phi) is 5.54. The molecule has 0 saturated heterocycles. The van der Waals surface area contributed by atoms with E-state index < -0.39 is 0 Å². The molecule has 3 rings (SSSR count). The summed E-state index contributed by atoms with van der Waals surface area (Å²) in [5, 5.41) is 14.1. The zero-order valence-electron chi connectivity index (χ0n) is 15.9. The second kappa shape index (κ2) is 8.03. The molecule has 0 atom stereocenters. The summed E-state index contributed by atoms with van der Waals surface area (Å²) in [6, 6.07) is 11.8. The van der Waals surface area contributed by atoms with Gasteiger partial charge in [-0.3, -0.25) is 5.41 Å². The van der Waals surface area contributed by atoms with Crippen LogP contribution in [-0.4, -0.2) is 28.8 Å². The molecule has 1 aromatic heterocycles. The standard InChI is InChI=1S/C21H25N5O/c1-4-27-17-8-7-14-9-16(6-5-15(14)10-17)19(22)18-20(23)25-12-26-21(18)24-11-13(2)3/h5-10,12-13,22H,4,11H2,1-3H3,(H3,23,24,25,26). The van der Waals surface area contributed by atoms with Gasteiger partial charge in [-0.15, -0.1) is 0 Å². The number of nitrogens with two attached hydrogens (primary N) is 1. The summed E-state index contributed by atoms with van der Waals surface area (Å²) in [6.07, 6.45) is 1.42. The normalized spacial score (nSPS) is 11.0. The smallest absolute Gasteiger partial charge is 0.141 e. The van der Waals surface area contributed by atoms with Gasteiger partial charge in [-0.25, -0.2) is 9.97 Å². The highest BCUT2D eigenvalue weighted by molar-refractivity contribution is 6.17. The van der Waals surface area contributed by atoms with Gasteiger partial charge >= 0.3 is 0 Å². The summed E-state index contributed by atoms with van der Waals surface area (Å²) in [5.41, 5.74) is 7.68. The number of nitrogens with zero attached hydrogens (tertiary/aromatic N) is 2. The molecule has 0 aliphatic carbocycles. The minimum atomic E-state index is 0.299. The van der Waals surface area contributed by atoms with Crippen LogP contribution in [0, 0.1) is 11.3 Å². The topological polar surface area (TPSA) is 96.9 Å². The van der Waals surface area contributed by atoms with Gasteiger partial charge in [-0.1, -0.05) is 32.0 Å². The molecule has 2 aromatic carbocycles. The van der Waals surface area contributed by atoms with Gasteiger partial charge in [0, 0.05) is 12.1 Å². The van der Waals surface area contributed by atoms with Crippen molar-refractivity contribution in [2.24, 2.45) is 5.92 Å². The number of hydrogen-bond acceptors (Lipinski definition) is 6. The number of anilines is 2. The Morgan fingerprint density at radius 2 is 1.89 bits per heavy atom. The van der Waals surface area contributed by atoms with Gasteiger partial charge in [0.15, 0.2) is 0 Å². The number of ether oxygens (including phenoxy) is 1. The molecule has 0 aliphatic heterocycles. The average molecular weight is 363 g/mol. The van der Waals surface area contributed by atoms with Crippen molar-refractivity contribution in [2.75, 3.05) is 24.2 Å². The molecule has 0 aliphatic rings. The average Bonchev–Trinajstić information content (AvgIpc) is 2.65. The predicted octanol–water partition coefficient (Wildman–Crippen LogP) is 4.09. The lowest BCUT2D eigenvalue weighted by atomic mass is 9.99. The molecule has 140 valence electrons. The predicted molar refractivity (Wildman–Crippen MR) is 111 cm³/mol. The van der Waals surface area contributed by atoms with E-state index in [9.17, 15) is 0 Å². The minimum Gasteiger partial charge on any atom is -0.494 e. The zero-order valence-corrected chi connectivity index (χ0v) is 15.9. The molecule has 0 spiro atoms. The molecular formula is C21H25N5O. The largest absolute Gasteiger partial charge is 0.494 e. The van der Waals surface area contributed by atoms with Crippen molar-refractivity contribution in [3.8, 4) is 5.75 Å². The SMILES string of the molecule is CCOc1ccc2cc(C(=N)c3c(N)ncnc3NCC(C)C)ccc2c1. The third kappa shape index (κ3) is 4.16. The molecule has 0 bridgehead atoms. The maximum Gasteiger partial charge on any atom is 0.141 e. The van der Waals surface area contributed by atoms with Gasteiger partial charge in [-0.05, 0) is 41.8 Å². The van der Waals surface area contributed by atoms with E-state index in [0.717, 1.165) is 28.6 Å². The fraction of sp³-hybridized carbons (Fsp3) is 0.286. The molecule has 0 fully saturated rings. The molecule has 0 radical (unpaired) electrons.